The van der Waals surface area contributed by atoms with E-state index in [4.69, 9.17) is 0 Å². The quantitative estimate of drug-likeness (QED) is 0.732. The first kappa shape index (κ1) is 16.8. The van der Waals surface area contributed by atoms with Crippen molar-refractivity contribution in [2.45, 2.75) is 43.9 Å². The summed E-state index contributed by atoms with van der Waals surface area (Å²) in [6.45, 7) is 0.0918. The minimum Gasteiger partial charge on any atom is -0.395 e. The Bertz CT molecular complexity index is 646. The SMILES string of the molecule is OCC(CC=C=C1CCCCC1)(c1ccccc1)c1ccccc1. The summed E-state index contributed by atoms with van der Waals surface area (Å²) in [6, 6.07) is 20.7. The third kappa shape index (κ3) is 3.70. The third-order valence-corrected chi connectivity index (χ3v) is 5.14. The molecule has 1 N–H and O–H groups in total. The number of allylic oxidation sites excluding steroid dienone is 1. The molecule has 0 aromatic heterocycles. The Hall–Kier alpha value is -2.08. The number of benzene rings is 2. The van der Waals surface area contributed by atoms with Crippen LogP contribution in [-0.4, -0.2) is 11.7 Å². The van der Waals surface area contributed by atoms with Gasteiger partial charge in [-0.3, -0.25) is 0 Å². The Morgan fingerprint density at radius 2 is 1.38 bits per heavy atom. The molecule has 2 aromatic carbocycles. The van der Waals surface area contributed by atoms with E-state index in [1.54, 1.807) is 0 Å². The van der Waals surface area contributed by atoms with Crippen LogP contribution in [0.25, 0.3) is 0 Å². The summed E-state index contributed by atoms with van der Waals surface area (Å²) in [5.41, 5.74) is 6.89. The van der Waals surface area contributed by atoms with Crippen LogP contribution >= 0.6 is 0 Å². The van der Waals surface area contributed by atoms with Crippen LogP contribution in [0.5, 0.6) is 0 Å². The summed E-state index contributed by atoms with van der Waals surface area (Å²) in [5, 5.41) is 10.4. The molecule has 0 heterocycles. The lowest BCUT2D eigenvalue weighted by Crippen LogP contribution is -2.31. The van der Waals surface area contributed by atoms with Gasteiger partial charge in [0.2, 0.25) is 0 Å². The van der Waals surface area contributed by atoms with Crippen molar-refractivity contribution in [3.8, 4) is 0 Å². The number of hydrogen-bond donors (Lipinski definition) is 1. The molecule has 1 fully saturated rings. The van der Waals surface area contributed by atoms with E-state index in [9.17, 15) is 5.11 Å². The van der Waals surface area contributed by atoms with Crippen molar-refractivity contribution in [1.29, 1.82) is 0 Å². The Kier molecular flexibility index (Phi) is 5.69. The third-order valence-electron chi connectivity index (χ3n) is 5.14. The first-order valence-corrected chi connectivity index (χ1v) is 9.00. The van der Waals surface area contributed by atoms with E-state index in [2.05, 4.69) is 36.1 Å². The average molecular weight is 318 g/mol. The second kappa shape index (κ2) is 8.15. The van der Waals surface area contributed by atoms with E-state index in [1.807, 2.05) is 36.4 Å². The van der Waals surface area contributed by atoms with Gasteiger partial charge in [-0.05, 0) is 54.9 Å². The number of aliphatic hydroxyl groups is 1. The molecule has 0 bridgehead atoms. The van der Waals surface area contributed by atoms with Gasteiger partial charge in [0.05, 0.1) is 6.61 Å². The molecule has 1 aliphatic rings. The van der Waals surface area contributed by atoms with Crippen LogP contribution in [0.2, 0.25) is 0 Å². The molecule has 24 heavy (non-hydrogen) atoms. The maximum Gasteiger partial charge on any atom is 0.0571 e. The molecule has 0 spiro atoms. The molecule has 0 aliphatic heterocycles. The van der Waals surface area contributed by atoms with E-state index < -0.39 is 5.41 Å². The summed E-state index contributed by atoms with van der Waals surface area (Å²) in [6.07, 6.45) is 9.20. The molecule has 0 atom stereocenters. The standard InChI is InChI=1S/C23H26O/c24-19-23(21-14-6-2-7-15-21,22-16-8-3-9-17-22)18-10-13-20-11-4-1-5-12-20/h2-3,6-10,14-17,24H,1,4-5,11-12,18-19H2. The zero-order chi connectivity index (χ0) is 16.7. The zero-order valence-electron chi connectivity index (χ0n) is 14.2. The highest BCUT2D eigenvalue weighted by molar-refractivity contribution is 5.40. The molecule has 124 valence electrons. The van der Waals surface area contributed by atoms with Crippen molar-refractivity contribution >= 4 is 0 Å². The van der Waals surface area contributed by atoms with Crippen LogP contribution in [0.1, 0.15) is 49.7 Å². The van der Waals surface area contributed by atoms with Gasteiger partial charge in [0.25, 0.3) is 0 Å². The van der Waals surface area contributed by atoms with Gasteiger partial charge in [-0.2, -0.15) is 0 Å². The smallest absolute Gasteiger partial charge is 0.0571 e. The molecule has 2 aromatic rings. The maximum atomic E-state index is 10.4. The van der Waals surface area contributed by atoms with Crippen molar-refractivity contribution in [3.05, 3.63) is 89.2 Å². The van der Waals surface area contributed by atoms with Crippen molar-refractivity contribution in [2.75, 3.05) is 6.61 Å². The van der Waals surface area contributed by atoms with E-state index in [-0.39, 0.29) is 6.61 Å². The number of aliphatic hydroxyl groups excluding tert-OH is 1. The van der Waals surface area contributed by atoms with Crippen LogP contribution < -0.4 is 0 Å². The highest BCUT2D eigenvalue weighted by Crippen LogP contribution is 2.35. The molecule has 0 saturated heterocycles. The van der Waals surface area contributed by atoms with Crippen LogP contribution in [0.3, 0.4) is 0 Å². The Morgan fingerprint density at radius 1 is 0.833 bits per heavy atom. The molecule has 1 saturated carbocycles. The van der Waals surface area contributed by atoms with Crippen LogP contribution in [0.4, 0.5) is 0 Å². The topological polar surface area (TPSA) is 20.2 Å². The fourth-order valence-electron chi connectivity index (χ4n) is 3.66. The van der Waals surface area contributed by atoms with Gasteiger partial charge in [0, 0.05) is 5.41 Å². The van der Waals surface area contributed by atoms with E-state index in [0.29, 0.717) is 0 Å². The maximum absolute atomic E-state index is 10.4. The Morgan fingerprint density at radius 3 is 1.88 bits per heavy atom. The summed E-state index contributed by atoms with van der Waals surface area (Å²) in [4.78, 5) is 0. The van der Waals surface area contributed by atoms with Gasteiger partial charge in [-0.15, -0.1) is 5.73 Å². The van der Waals surface area contributed by atoms with Gasteiger partial charge in [0.15, 0.2) is 0 Å². The molecule has 0 unspecified atom stereocenters. The van der Waals surface area contributed by atoms with Crippen molar-refractivity contribution in [3.63, 3.8) is 0 Å². The Labute approximate surface area is 145 Å². The van der Waals surface area contributed by atoms with Gasteiger partial charge in [-0.25, -0.2) is 0 Å². The highest BCUT2D eigenvalue weighted by atomic mass is 16.3. The van der Waals surface area contributed by atoms with Crippen LogP contribution in [-0.2, 0) is 5.41 Å². The van der Waals surface area contributed by atoms with Gasteiger partial charge in [0.1, 0.15) is 0 Å². The largest absolute Gasteiger partial charge is 0.395 e. The summed E-state index contributed by atoms with van der Waals surface area (Å²) >= 11 is 0. The van der Waals surface area contributed by atoms with Gasteiger partial charge >= 0.3 is 0 Å². The minimum absolute atomic E-state index is 0.0918. The normalized spacial score (nSPS) is 15.0. The second-order valence-electron chi connectivity index (χ2n) is 6.69. The van der Waals surface area contributed by atoms with Crippen molar-refractivity contribution < 1.29 is 5.11 Å². The molecule has 3 rings (SSSR count). The van der Waals surface area contributed by atoms with E-state index >= 15 is 0 Å². The minimum atomic E-state index is -0.398. The first-order chi connectivity index (χ1) is 11.8. The Balaban J connectivity index is 1.97. The van der Waals surface area contributed by atoms with E-state index in [0.717, 1.165) is 17.5 Å². The molecular formula is C23H26O. The number of hydrogen-bond acceptors (Lipinski definition) is 1. The fraction of sp³-hybridized carbons (Fsp3) is 0.348. The lowest BCUT2D eigenvalue weighted by Gasteiger charge is -2.32. The molecule has 1 heteroatoms. The fourth-order valence-corrected chi connectivity index (χ4v) is 3.66. The van der Waals surface area contributed by atoms with Gasteiger partial charge in [-0.1, -0.05) is 67.1 Å². The van der Waals surface area contributed by atoms with Crippen LogP contribution in [0.15, 0.2) is 78.0 Å². The van der Waals surface area contributed by atoms with Crippen molar-refractivity contribution in [2.24, 2.45) is 0 Å². The molecule has 0 amide bonds. The number of rotatable bonds is 5. The van der Waals surface area contributed by atoms with Crippen LogP contribution in [0, 0.1) is 0 Å². The first-order valence-electron chi connectivity index (χ1n) is 9.00. The summed E-state index contributed by atoms with van der Waals surface area (Å²) in [5.74, 6) is 0. The lowest BCUT2D eigenvalue weighted by molar-refractivity contribution is 0.220. The summed E-state index contributed by atoms with van der Waals surface area (Å²) < 4.78 is 0. The van der Waals surface area contributed by atoms with E-state index in [1.165, 1.54) is 37.7 Å². The summed E-state index contributed by atoms with van der Waals surface area (Å²) in [7, 11) is 0. The molecular weight excluding hydrogens is 292 g/mol. The lowest BCUT2D eigenvalue weighted by atomic mass is 9.72. The molecule has 1 nitrogen and oxygen atoms in total. The molecule has 0 radical (unpaired) electrons. The monoisotopic (exact) mass is 318 g/mol. The average Bonchev–Trinajstić information content (AvgIpc) is 2.68. The highest BCUT2D eigenvalue weighted by Gasteiger charge is 2.32. The van der Waals surface area contributed by atoms with Crippen molar-refractivity contribution in [1.82, 2.24) is 0 Å². The second-order valence-corrected chi connectivity index (χ2v) is 6.69. The predicted octanol–water partition coefficient (Wildman–Crippen LogP) is 5.40. The zero-order valence-corrected chi connectivity index (χ0v) is 14.2. The predicted molar refractivity (Wildman–Crippen MR) is 100 cm³/mol. The molecule has 1 aliphatic carbocycles. The van der Waals surface area contributed by atoms with Gasteiger partial charge < -0.3 is 5.11 Å².